The summed E-state index contributed by atoms with van der Waals surface area (Å²) in [6.45, 7) is 4.70. The Hall–Kier alpha value is -2.44. The van der Waals surface area contributed by atoms with E-state index in [1.807, 2.05) is 35.0 Å². The standard InChI is InChI=1S/C22H26N4OS/c1-3-25-21(18-7-5-4-6-8-18)23-26(22(25)28)16-24(19-11-12-19)15-17-9-13-20(27-2)14-10-17/h4-10,13-14,19H,3,11-12,15-16H2,1-2H3/p+1. The summed E-state index contributed by atoms with van der Waals surface area (Å²) < 4.78 is 10.2. The summed E-state index contributed by atoms with van der Waals surface area (Å²) in [4.78, 5) is 1.52. The SMILES string of the molecule is CCn1c(-c2ccccc2)nn(C[NH+](Cc2ccc(OC)cc2)C2CC2)c1=S. The number of methoxy groups -OCH3 is 1. The highest BCUT2D eigenvalue weighted by Gasteiger charge is 2.34. The van der Waals surface area contributed by atoms with Gasteiger partial charge in [-0.05, 0) is 43.4 Å². The molecule has 28 heavy (non-hydrogen) atoms. The highest BCUT2D eigenvalue weighted by atomic mass is 32.1. The van der Waals surface area contributed by atoms with Gasteiger partial charge in [-0.1, -0.05) is 30.3 Å². The molecule has 1 N–H and O–H groups in total. The van der Waals surface area contributed by atoms with Crippen LogP contribution >= 0.6 is 12.2 Å². The largest absolute Gasteiger partial charge is 0.497 e. The Bertz CT molecular complexity index is 974. The number of rotatable bonds is 8. The third-order valence-corrected chi connectivity index (χ3v) is 5.80. The molecule has 3 aromatic rings. The van der Waals surface area contributed by atoms with Crippen LogP contribution < -0.4 is 9.64 Å². The molecule has 1 saturated carbocycles. The van der Waals surface area contributed by atoms with E-state index in [4.69, 9.17) is 22.1 Å². The second-order valence-corrected chi connectivity index (χ2v) is 7.70. The van der Waals surface area contributed by atoms with E-state index >= 15 is 0 Å². The minimum absolute atomic E-state index is 0.691. The lowest BCUT2D eigenvalue weighted by Gasteiger charge is -2.19. The zero-order valence-corrected chi connectivity index (χ0v) is 17.3. The lowest BCUT2D eigenvalue weighted by Crippen LogP contribution is -3.11. The fourth-order valence-corrected chi connectivity index (χ4v) is 3.97. The van der Waals surface area contributed by atoms with Gasteiger partial charge in [-0.15, -0.1) is 5.10 Å². The first-order valence-electron chi connectivity index (χ1n) is 9.90. The zero-order chi connectivity index (χ0) is 19.5. The molecule has 1 fully saturated rings. The van der Waals surface area contributed by atoms with E-state index in [0.717, 1.165) is 41.7 Å². The van der Waals surface area contributed by atoms with Gasteiger partial charge in [0.05, 0.1) is 13.2 Å². The van der Waals surface area contributed by atoms with Crippen molar-refractivity contribution in [3.63, 3.8) is 0 Å². The number of benzene rings is 2. The van der Waals surface area contributed by atoms with Crippen LogP contribution in [0.15, 0.2) is 54.6 Å². The predicted molar refractivity (Wildman–Crippen MR) is 113 cm³/mol. The highest BCUT2D eigenvalue weighted by Crippen LogP contribution is 2.19. The van der Waals surface area contributed by atoms with Crippen molar-refractivity contribution in [3.8, 4) is 17.1 Å². The van der Waals surface area contributed by atoms with Gasteiger partial charge in [0.25, 0.3) is 0 Å². The fourth-order valence-electron chi connectivity index (χ4n) is 3.65. The molecule has 0 aliphatic heterocycles. The second kappa shape index (κ2) is 8.29. The van der Waals surface area contributed by atoms with Crippen LogP contribution in [0.4, 0.5) is 0 Å². The lowest BCUT2D eigenvalue weighted by molar-refractivity contribution is -0.947. The summed E-state index contributed by atoms with van der Waals surface area (Å²) in [6.07, 6.45) is 2.55. The third-order valence-electron chi connectivity index (χ3n) is 5.37. The van der Waals surface area contributed by atoms with Gasteiger partial charge < -0.3 is 14.2 Å². The molecule has 1 aromatic heterocycles. The molecule has 1 atom stereocenters. The lowest BCUT2D eigenvalue weighted by atomic mass is 10.2. The van der Waals surface area contributed by atoms with Gasteiger partial charge in [-0.25, -0.2) is 0 Å². The first-order chi connectivity index (χ1) is 13.7. The maximum absolute atomic E-state index is 5.77. The van der Waals surface area contributed by atoms with Crippen molar-refractivity contribution in [1.82, 2.24) is 14.3 Å². The summed E-state index contributed by atoms with van der Waals surface area (Å²) >= 11 is 5.77. The molecule has 5 nitrogen and oxygen atoms in total. The van der Waals surface area contributed by atoms with Gasteiger partial charge in [-0.3, -0.25) is 0 Å². The topological polar surface area (TPSA) is 36.4 Å². The van der Waals surface area contributed by atoms with Crippen molar-refractivity contribution < 1.29 is 9.64 Å². The predicted octanol–water partition coefficient (Wildman–Crippen LogP) is 3.31. The Morgan fingerprint density at radius 2 is 1.82 bits per heavy atom. The highest BCUT2D eigenvalue weighted by molar-refractivity contribution is 7.71. The van der Waals surface area contributed by atoms with Gasteiger partial charge >= 0.3 is 0 Å². The molecule has 1 aliphatic carbocycles. The number of nitrogens with zero attached hydrogens (tertiary/aromatic N) is 3. The first kappa shape index (κ1) is 18.9. The van der Waals surface area contributed by atoms with Crippen LogP contribution in [0.25, 0.3) is 11.4 Å². The summed E-state index contributed by atoms with van der Waals surface area (Å²) in [5.41, 5.74) is 2.42. The van der Waals surface area contributed by atoms with Crippen LogP contribution in [-0.2, 0) is 19.8 Å². The van der Waals surface area contributed by atoms with Crippen molar-refractivity contribution in [2.24, 2.45) is 0 Å². The second-order valence-electron chi connectivity index (χ2n) is 7.33. The van der Waals surface area contributed by atoms with E-state index in [1.54, 1.807) is 7.11 Å². The molecule has 0 spiro atoms. The monoisotopic (exact) mass is 395 g/mol. The Kier molecular flexibility index (Phi) is 5.59. The smallest absolute Gasteiger partial charge is 0.203 e. The molecule has 0 amide bonds. The van der Waals surface area contributed by atoms with Crippen molar-refractivity contribution in [1.29, 1.82) is 0 Å². The summed E-state index contributed by atoms with van der Waals surface area (Å²) in [5.74, 6) is 1.85. The summed E-state index contributed by atoms with van der Waals surface area (Å²) in [5, 5.41) is 4.90. The van der Waals surface area contributed by atoms with Crippen molar-refractivity contribution in [3.05, 3.63) is 64.9 Å². The van der Waals surface area contributed by atoms with E-state index in [2.05, 4.69) is 35.8 Å². The molecule has 1 aliphatic rings. The van der Waals surface area contributed by atoms with Gasteiger partial charge in [0, 0.05) is 30.5 Å². The quantitative estimate of drug-likeness (QED) is 0.595. The van der Waals surface area contributed by atoms with E-state index in [0.29, 0.717) is 6.04 Å². The van der Waals surface area contributed by atoms with E-state index in [1.165, 1.54) is 23.3 Å². The number of hydrogen-bond acceptors (Lipinski definition) is 3. The molecule has 0 radical (unpaired) electrons. The van der Waals surface area contributed by atoms with Gasteiger partial charge in [-0.2, -0.15) is 4.68 Å². The van der Waals surface area contributed by atoms with E-state index < -0.39 is 0 Å². The van der Waals surface area contributed by atoms with Gasteiger partial charge in [0.2, 0.25) is 4.77 Å². The minimum atomic E-state index is 0.691. The van der Waals surface area contributed by atoms with Crippen LogP contribution in [-0.4, -0.2) is 27.5 Å². The summed E-state index contributed by atoms with van der Waals surface area (Å²) in [6, 6.07) is 19.4. The van der Waals surface area contributed by atoms with Crippen molar-refractivity contribution in [2.45, 2.75) is 45.6 Å². The number of aromatic nitrogens is 3. The van der Waals surface area contributed by atoms with Crippen LogP contribution in [0.2, 0.25) is 0 Å². The average Bonchev–Trinajstić information content (AvgIpc) is 3.54. The molecule has 0 bridgehead atoms. The van der Waals surface area contributed by atoms with Crippen molar-refractivity contribution in [2.75, 3.05) is 7.11 Å². The Balaban J connectivity index is 1.59. The van der Waals surface area contributed by atoms with Crippen LogP contribution in [0, 0.1) is 4.77 Å². The van der Waals surface area contributed by atoms with Crippen LogP contribution in [0.1, 0.15) is 25.3 Å². The minimum Gasteiger partial charge on any atom is -0.497 e. The van der Waals surface area contributed by atoms with E-state index in [9.17, 15) is 0 Å². The number of nitrogens with one attached hydrogen (secondary N) is 1. The Morgan fingerprint density at radius 1 is 1.11 bits per heavy atom. The fraction of sp³-hybridized carbons (Fsp3) is 0.364. The van der Waals surface area contributed by atoms with E-state index in [-0.39, 0.29) is 0 Å². The Morgan fingerprint density at radius 3 is 2.43 bits per heavy atom. The molecule has 1 unspecified atom stereocenters. The van der Waals surface area contributed by atoms with Crippen LogP contribution in [0.5, 0.6) is 5.75 Å². The zero-order valence-electron chi connectivity index (χ0n) is 16.5. The average molecular weight is 396 g/mol. The molecule has 1 heterocycles. The number of quaternary nitrogens is 1. The molecular weight excluding hydrogens is 368 g/mol. The maximum atomic E-state index is 5.77. The molecule has 2 aromatic carbocycles. The maximum Gasteiger partial charge on any atom is 0.203 e. The van der Waals surface area contributed by atoms with Crippen molar-refractivity contribution >= 4 is 12.2 Å². The van der Waals surface area contributed by atoms with Crippen LogP contribution in [0.3, 0.4) is 0 Å². The molecule has 146 valence electrons. The normalized spacial score (nSPS) is 14.8. The third kappa shape index (κ3) is 4.03. The Labute approximate surface area is 171 Å². The first-order valence-corrected chi connectivity index (χ1v) is 10.3. The summed E-state index contributed by atoms with van der Waals surface area (Å²) in [7, 11) is 1.70. The molecule has 6 heteroatoms. The molecule has 4 rings (SSSR count). The molecule has 0 saturated heterocycles. The van der Waals surface area contributed by atoms with Gasteiger partial charge in [0.1, 0.15) is 12.3 Å². The number of hydrogen-bond donors (Lipinski definition) is 1. The van der Waals surface area contributed by atoms with Gasteiger partial charge in [0.15, 0.2) is 12.5 Å². The molecular formula is C22H27N4OS+. The number of ether oxygens (including phenoxy) is 1.